The molecule has 1 amide bonds. The number of likely N-dealkylation sites (tertiary alicyclic amines) is 1. The number of nitrogens with zero attached hydrogens (tertiary/aromatic N) is 2. The van der Waals surface area contributed by atoms with Gasteiger partial charge >= 0.3 is 6.18 Å². The molecule has 8 heteroatoms. The first-order valence-corrected chi connectivity index (χ1v) is 9.86. The van der Waals surface area contributed by atoms with E-state index in [1.165, 1.54) is 17.6 Å². The maximum atomic E-state index is 13.3. The highest BCUT2D eigenvalue weighted by Gasteiger charge is 2.36. The van der Waals surface area contributed by atoms with Gasteiger partial charge in [-0.3, -0.25) is 4.79 Å². The van der Waals surface area contributed by atoms with Gasteiger partial charge in [-0.05, 0) is 54.9 Å². The van der Waals surface area contributed by atoms with Gasteiger partial charge in [0, 0.05) is 30.1 Å². The van der Waals surface area contributed by atoms with Gasteiger partial charge in [-0.25, -0.2) is 0 Å². The molecule has 1 fully saturated rings. The summed E-state index contributed by atoms with van der Waals surface area (Å²) in [5, 5.41) is 3.27. The Labute approximate surface area is 159 Å². The average molecular weight is 395 g/mol. The van der Waals surface area contributed by atoms with Gasteiger partial charge in [-0.15, -0.1) is 0 Å². The largest absolute Gasteiger partial charge is 0.416 e. The summed E-state index contributed by atoms with van der Waals surface area (Å²) in [5.41, 5.74) is 1.35. The van der Waals surface area contributed by atoms with Crippen molar-refractivity contribution in [2.45, 2.75) is 37.9 Å². The Kier molecular flexibility index (Phi) is 4.94. The molecule has 2 aliphatic heterocycles. The highest BCUT2D eigenvalue weighted by molar-refractivity contribution is 7.06. The van der Waals surface area contributed by atoms with Crippen LogP contribution in [0.3, 0.4) is 0 Å². The zero-order chi connectivity index (χ0) is 19.0. The number of halogens is 3. The molecule has 2 aromatic rings. The van der Waals surface area contributed by atoms with Gasteiger partial charge in [0.25, 0.3) is 5.91 Å². The van der Waals surface area contributed by atoms with Crippen LogP contribution in [-0.4, -0.2) is 34.8 Å². The normalized spacial score (nSPS) is 18.4. The zero-order valence-corrected chi connectivity index (χ0v) is 15.5. The summed E-state index contributed by atoms with van der Waals surface area (Å²) >= 11 is 1.36. The molecule has 0 spiro atoms. The minimum atomic E-state index is -4.35. The third kappa shape index (κ3) is 3.60. The van der Waals surface area contributed by atoms with E-state index in [0.717, 1.165) is 36.0 Å². The molecule has 0 bridgehead atoms. The van der Waals surface area contributed by atoms with Crippen LogP contribution in [0.1, 0.15) is 50.8 Å². The first kappa shape index (κ1) is 18.4. The highest BCUT2D eigenvalue weighted by atomic mass is 32.1. The summed E-state index contributed by atoms with van der Waals surface area (Å²) < 4.78 is 44.2. The number of rotatable bonds is 2. The van der Waals surface area contributed by atoms with Crippen molar-refractivity contribution >= 4 is 17.4 Å². The second-order valence-corrected chi connectivity index (χ2v) is 7.87. The van der Waals surface area contributed by atoms with Crippen molar-refractivity contribution in [3.63, 3.8) is 0 Å². The number of carbonyl (C=O) groups is 1. The Morgan fingerprint density at radius 3 is 2.70 bits per heavy atom. The van der Waals surface area contributed by atoms with E-state index in [0.29, 0.717) is 37.2 Å². The Balaban J connectivity index is 1.47. The summed E-state index contributed by atoms with van der Waals surface area (Å²) in [6.07, 6.45) is -2.49. The summed E-state index contributed by atoms with van der Waals surface area (Å²) in [7, 11) is 0. The number of piperidine rings is 1. The molecule has 0 aliphatic carbocycles. The lowest BCUT2D eigenvalue weighted by atomic mass is 9.86. The molecule has 1 aromatic heterocycles. The Hall–Kier alpha value is -1.93. The van der Waals surface area contributed by atoms with Crippen molar-refractivity contribution < 1.29 is 18.0 Å². The second-order valence-electron chi connectivity index (χ2n) is 7.01. The molecule has 1 saturated heterocycles. The Morgan fingerprint density at radius 1 is 1.22 bits per heavy atom. The first-order chi connectivity index (χ1) is 12.9. The summed E-state index contributed by atoms with van der Waals surface area (Å²) in [6.45, 7) is 2.50. The molecule has 0 saturated carbocycles. The van der Waals surface area contributed by atoms with Crippen LogP contribution in [0.2, 0.25) is 0 Å². The molecule has 3 heterocycles. The predicted molar refractivity (Wildman–Crippen MR) is 96.8 cm³/mol. The highest BCUT2D eigenvalue weighted by Crippen LogP contribution is 2.39. The van der Waals surface area contributed by atoms with Crippen LogP contribution < -0.4 is 5.32 Å². The topological polar surface area (TPSA) is 45.2 Å². The van der Waals surface area contributed by atoms with Crippen LogP contribution in [0.15, 0.2) is 24.3 Å². The Morgan fingerprint density at radius 2 is 1.96 bits per heavy atom. The fraction of sp³-hybridized carbons (Fsp3) is 0.474. The molecular formula is C19H20F3N3OS. The van der Waals surface area contributed by atoms with Gasteiger partial charge in [-0.1, -0.05) is 18.2 Å². The maximum Gasteiger partial charge on any atom is 0.416 e. The van der Waals surface area contributed by atoms with Crippen LogP contribution in [0.4, 0.5) is 13.2 Å². The molecule has 4 nitrogen and oxygen atoms in total. The molecular weight excluding hydrogens is 375 g/mol. The first-order valence-electron chi connectivity index (χ1n) is 9.08. The van der Waals surface area contributed by atoms with E-state index in [9.17, 15) is 18.0 Å². The summed E-state index contributed by atoms with van der Waals surface area (Å²) in [6, 6.07) is 5.78. The van der Waals surface area contributed by atoms with Crippen LogP contribution in [0.5, 0.6) is 0 Å². The van der Waals surface area contributed by atoms with E-state index in [4.69, 9.17) is 0 Å². The van der Waals surface area contributed by atoms with E-state index in [1.54, 1.807) is 17.0 Å². The van der Waals surface area contributed by atoms with Crippen molar-refractivity contribution in [3.8, 4) is 0 Å². The number of amides is 1. The smallest absolute Gasteiger partial charge is 0.337 e. The van der Waals surface area contributed by atoms with E-state index >= 15 is 0 Å². The SMILES string of the molecule is O=C(c1nsc2c1CCNC2)N1CCC(c2ccccc2C(F)(F)F)CC1. The number of nitrogens with one attached hydrogen (secondary N) is 1. The lowest BCUT2D eigenvalue weighted by Gasteiger charge is -2.33. The minimum absolute atomic E-state index is 0.0862. The molecule has 2 aliphatic rings. The third-order valence-corrected chi connectivity index (χ3v) is 6.28. The van der Waals surface area contributed by atoms with Gasteiger partial charge in [0.1, 0.15) is 5.69 Å². The van der Waals surface area contributed by atoms with Crippen molar-refractivity contribution in [1.29, 1.82) is 0 Å². The van der Waals surface area contributed by atoms with Gasteiger partial charge in [-0.2, -0.15) is 17.5 Å². The number of carbonyl (C=O) groups excluding carboxylic acids is 1. The molecule has 0 unspecified atom stereocenters. The molecule has 1 aromatic carbocycles. The Bertz CT molecular complexity index is 841. The quantitative estimate of drug-likeness (QED) is 0.841. The third-order valence-electron chi connectivity index (χ3n) is 5.40. The standard InChI is InChI=1S/C19H20F3N3OS/c20-19(21,22)15-4-2-1-3-13(15)12-6-9-25(10-7-12)18(26)17-14-5-8-23-11-16(14)27-24-17/h1-4,12,23H,5-11H2. The maximum absolute atomic E-state index is 13.3. The van der Waals surface area contributed by atoms with Crippen LogP contribution in [0, 0.1) is 0 Å². The van der Waals surface area contributed by atoms with E-state index in [-0.39, 0.29) is 11.8 Å². The summed E-state index contributed by atoms with van der Waals surface area (Å²) in [5.74, 6) is -0.266. The molecule has 0 radical (unpaired) electrons. The number of aromatic nitrogens is 1. The van der Waals surface area contributed by atoms with Crippen molar-refractivity contribution in [1.82, 2.24) is 14.6 Å². The van der Waals surface area contributed by atoms with Crippen LogP contribution >= 0.6 is 11.5 Å². The number of benzene rings is 1. The number of hydrogen-bond acceptors (Lipinski definition) is 4. The average Bonchev–Trinajstić information content (AvgIpc) is 3.11. The fourth-order valence-corrected chi connectivity index (χ4v) is 4.84. The fourth-order valence-electron chi connectivity index (χ4n) is 3.98. The van der Waals surface area contributed by atoms with E-state index in [2.05, 4.69) is 9.69 Å². The second kappa shape index (κ2) is 7.24. The molecule has 1 N–H and O–H groups in total. The molecule has 0 atom stereocenters. The van der Waals surface area contributed by atoms with Gasteiger partial charge in [0.05, 0.1) is 5.56 Å². The zero-order valence-electron chi connectivity index (χ0n) is 14.7. The number of alkyl halides is 3. The minimum Gasteiger partial charge on any atom is -0.337 e. The predicted octanol–water partition coefficient (Wildman–Crippen LogP) is 3.83. The van der Waals surface area contributed by atoms with Crippen molar-refractivity contribution in [2.24, 2.45) is 0 Å². The van der Waals surface area contributed by atoms with Gasteiger partial charge in [0.15, 0.2) is 0 Å². The van der Waals surface area contributed by atoms with Gasteiger partial charge < -0.3 is 10.2 Å². The molecule has 144 valence electrons. The van der Waals surface area contributed by atoms with Crippen molar-refractivity contribution in [2.75, 3.05) is 19.6 Å². The van der Waals surface area contributed by atoms with E-state index < -0.39 is 11.7 Å². The molecule has 27 heavy (non-hydrogen) atoms. The monoisotopic (exact) mass is 395 g/mol. The molecule has 4 rings (SSSR count). The van der Waals surface area contributed by atoms with Gasteiger partial charge in [0.2, 0.25) is 0 Å². The van der Waals surface area contributed by atoms with E-state index in [1.807, 2.05) is 0 Å². The van der Waals surface area contributed by atoms with Crippen LogP contribution in [0.25, 0.3) is 0 Å². The van der Waals surface area contributed by atoms with Crippen LogP contribution in [-0.2, 0) is 19.1 Å². The summed E-state index contributed by atoms with van der Waals surface area (Å²) in [4.78, 5) is 15.7. The number of hydrogen-bond donors (Lipinski definition) is 1. The lowest BCUT2D eigenvalue weighted by Crippen LogP contribution is -2.39. The number of fused-ring (bicyclic) bond motifs is 1. The lowest BCUT2D eigenvalue weighted by molar-refractivity contribution is -0.138. The van der Waals surface area contributed by atoms with Crippen molar-refractivity contribution in [3.05, 3.63) is 51.5 Å².